The fourth-order valence-corrected chi connectivity index (χ4v) is 4.21. The predicted octanol–water partition coefficient (Wildman–Crippen LogP) is 0.511. The highest BCUT2D eigenvalue weighted by molar-refractivity contribution is 6.05. The van der Waals surface area contributed by atoms with E-state index in [0.29, 0.717) is 35.6 Å². The molecule has 2 atom stereocenters. The van der Waals surface area contributed by atoms with E-state index in [1.54, 1.807) is 53.4 Å². The van der Waals surface area contributed by atoms with Gasteiger partial charge in [-0.3, -0.25) is 19.8 Å². The van der Waals surface area contributed by atoms with Gasteiger partial charge in [-0.1, -0.05) is 6.07 Å². The molecule has 178 valence electrons. The van der Waals surface area contributed by atoms with Crippen LogP contribution >= 0.6 is 0 Å². The molecule has 0 radical (unpaired) electrons. The number of nitrogen functional groups attached to an aromatic ring is 1. The lowest BCUT2D eigenvalue weighted by Gasteiger charge is -2.35. The van der Waals surface area contributed by atoms with Gasteiger partial charge in [-0.2, -0.15) is 0 Å². The van der Waals surface area contributed by atoms with Crippen molar-refractivity contribution >= 4 is 34.9 Å². The zero-order chi connectivity index (χ0) is 24.2. The summed E-state index contributed by atoms with van der Waals surface area (Å²) in [5, 5.41) is 23.5. The average Bonchev–Trinajstić information content (AvgIpc) is 3.39. The highest BCUT2D eigenvalue weighted by Gasteiger charge is 2.38. The molecule has 4 rings (SSSR count). The number of nitrogens with one attached hydrogen (secondary N) is 3. The molecular formula is C24H28N6O4. The van der Waals surface area contributed by atoms with E-state index in [-0.39, 0.29) is 11.7 Å². The second-order valence-electron chi connectivity index (χ2n) is 8.40. The van der Waals surface area contributed by atoms with Gasteiger partial charge < -0.3 is 31.3 Å². The molecule has 3 amide bonds. The van der Waals surface area contributed by atoms with Crippen molar-refractivity contribution < 1.29 is 19.5 Å². The highest BCUT2D eigenvalue weighted by Crippen LogP contribution is 2.22. The van der Waals surface area contributed by atoms with E-state index >= 15 is 0 Å². The summed E-state index contributed by atoms with van der Waals surface area (Å²) < 4.78 is 0. The van der Waals surface area contributed by atoms with E-state index < -0.39 is 24.0 Å². The first-order valence-electron chi connectivity index (χ1n) is 11.2. The molecule has 0 spiro atoms. The van der Waals surface area contributed by atoms with Crippen molar-refractivity contribution in [1.29, 1.82) is 5.41 Å². The first kappa shape index (κ1) is 23.4. The van der Waals surface area contributed by atoms with Crippen LogP contribution in [0.1, 0.15) is 28.8 Å². The third kappa shape index (κ3) is 4.92. The lowest BCUT2D eigenvalue weighted by molar-refractivity contribution is -0.133. The number of likely N-dealkylation sites (tertiary alicyclic amines) is 1. The summed E-state index contributed by atoms with van der Waals surface area (Å²) in [6.45, 7) is 2.18. The number of aliphatic hydroxyl groups excluding tert-OH is 1. The molecule has 2 aliphatic heterocycles. The Hall–Kier alpha value is -3.76. The van der Waals surface area contributed by atoms with E-state index in [1.165, 1.54) is 4.90 Å². The lowest BCUT2D eigenvalue weighted by atomic mass is 10.0. The summed E-state index contributed by atoms with van der Waals surface area (Å²) in [5.74, 6) is -1.34. The SMILES string of the molecule is N=C(N)c1ccc(NC(=O)[C@H](O)[C@H]2NCCN(c3cccc(C(=O)N4CCCC4)c3)C2=O)cc1. The second-order valence-corrected chi connectivity index (χ2v) is 8.40. The Morgan fingerprint density at radius 2 is 1.79 bits per heavy atom. The van der Waals surface area contributed by atoms with Crippen LogP contribution in [0.15, 0.2) is 48.5 Å². The number of aliphatic hydroxyl groups is 1. The smallest absolute Gasteiger partial charge is 0.255 e. The minimum absolute atomic E-state index is 0.0614. The molecular weight excluding hydrogens is 436 g/mol. The van der Waals surface area contributed by atoms with Gasteiger partial charge in [0, 0.05) is 48.7 Å². The fourth-order valence-electron chi connectivity index (χ4n) is 4.21. The maximum Gasteiger partial charge on any atom is 0.255 e. The van der Waals surface area contributed by atoms with Crippen molar-refractivity contribution in [3.05, 3.63) is 59.7 Å². The summed E-state index contributed by atoms with van der Waals surface area (Å²) in [4.78, 5) is 41.8. The van der Waals surface area contributed by atoms with Crippen LogP contribution < -0.4 is 21.3 Å². The quantitative estimate of drug-likeness (QED) is 0.310. The molecule has 6 N–H and O–H groups in total. The van der Waals surface area contributed by atoms with Crippen LogP contribution in [-0.2, 0) is 9.59 Å². The number of carbonyl (C=O) groups is 3. The molecule has 0 bridgehead atoms. The van der Waals surface area contributed by atoms with E-state index in [2.05, 4.69) is 10.6 Å². The maximum atomic E-state index is 13.2. The van der Waals surface area contributed by atoms with Crippen LogP contribution in [0.3, 0.4) is 0 Å². The summed E-state index contributed by atoms with van der Waals surface area (Å²) >= 11 is 0. The Balaban J connectivity index is 1.45. The van der Waals surface area contributed by atoms with Gasteiger partial charge in [0.2, 0.25) is 5.91 Å². The number of benzene rings is 2. The zero-order valence-electron chi connectivity index (χ0n) is 18.7. The number of carbonyl (C=O) groups excluding carboxylic acids is 3. The van der Waals surface area contributed by atoms with Crippen molar-refractivity contribution in [2.75, 3.05) is 36.4 Å². The lowest BCUT2D eigenvalue weighted by Crippen LogP contribution is -2.62. The molecule has 0 unspecified atom stereocenters. The van der Waals surface area contributed by atoms with Crippen LogP contribution in [-0.4, -0.2) is 71.9 Å². The number of rotatable bonds is 6. The van der Waals surface area contributed by atoms with Gasteiger partial charge >= 0.3 is 0 Å². The molecule has 2 aromatic carbocycles. The average molecular weight is 465 g/mol. The normalized spacial score (nSPS) is 19.1. The first-order valence-corrected chi connectivity index (χ1v) is 11.2. The zero-order valence-corrected chi connectivity index (χ0v) is 18.7. The number of amidine groups is 1. The Labute approximate surface area is 197 Å². The van der Waals surface area contributed by atoms with Crippen molar-refractivity contribution in [3.63, 3.8) is 0 Å². The Kier molecular flexibility index (Phi) is 6.90. The van der Waals surface area contributed by atoms with E-state index in [0.717, 1.165) is 25.9 Å². The number of anilines is 2. The first-order chi connectivity index (χ1) is 16.3. The number of hydrogen-bond acceptors (Lipinski definition) is 6. The van der Waals surface area contributed by atoms with Gasteiger partial charge in [0.05, 0.1) is 0 Å². The van der Waals surface area contributed by atoms with Crippen molar-refractivity contribution in [2.45, 2.75) is 25.0 Å². The predicted molar refractivity (Wildman–Crippen MR) is 128 cm³/mol. The van der Waals surface area contributed by atoms with E-state index in [1.807, 2.05) is 0 Å². The summed E-state index contributed by atoms with van der Waals surface area (Å²) in [6.07, 6.45) is 0.353. The molecule has 0 aliphatic carbocycles. The highest BCUT2D eigenvalue weighted by atomic mass is 16.3. The molecule has 2 aromatic rings. The Bertz CT molecular complexity index is 1100. The topological polar surface area (TPSA) is 152 Å². The molecule has 2 aliphatic rings. The molecule has 0 aromatic heterocycles. The minimum atomic E-state index is -1.63. The minimum Gasteiger partial charge on any atom is -0.384 e. The number of hydrogen-bond donors (Lipinski definition) is 5. The van der Waals surface area contributed by atoms with Gasteiger partial charge in [-0.25, -0.2) is 0 Å². The van der Waals surface area contributed by atoms with Gasteiger partial charge in [0.1, 0.15) is 11.9 Å². The fraction of sp³-hybridized carbons (Fsp3) is 0.333. The Morgan fingerprint density at radius 3 is 2.47 bits per heavy atom. The molecule has 34 heavy (non-hydrogen) atoms. The van der Waals surface area contributed by atoms with Gasteiger partial charge in [-0.05, 0) is 55.3 Å². The van der Waals surface area contributed by atoms with Crippen molar-refractivity contribution in [1.82, 2.24) is 10.2 Å². The van der Waals surface area contributed by atoms with Gasteiger partial charge in [-0.15, -0.1) is 0 Å². The summed E-state index contributed by atoms with van der Waals surface area (Å²) in [7, 11) is 0. The summed E-state index contributed by atoms with van der Waals surface area (Å²) in [6, 6.07) is 12.0. The third-order valence-electron chi connectivity index (χ3n) is 6.08. The standard InChI is InChI=1S/C24H28N6O4/c25-21(26)15-6-8-17(9-7-15)28-22(32)20(31)19-24(34)30(13-10-27-19)18-5-3-4-16(14-18)23(33)29-11-1-2-12-29/h3-9,14,19-20,27,31H,1-2,10-13H2,(H3,25,26)(H,28,32)/t19-,20-/m1/s1. The Morgan fingerprint density at radius 1 is 1.09 bits per heavy atom. The summed E-state index contributed by atoms with van der Waals surface area (Å²) in [5.41, 5.74) is 7.40. The van der Waals surface area contributed by atoms with E-state index in [4.69, 9.17) is 11.1 Å². The monoisotopic (exact) mass is 464 g/mol. The van der Waals surface area contributed by atoms with Crippen LogP contribution in [0.2, 0.25) is 0 Å². The molecule has 2 fully saturated rings. The molecule has 2 heterocycles. The van der Waals surface area contributed by atoms with Crippen molar-refractivity contribution in [2.24, 2.45) is 5.73 Å². The van der Waals surface area contributed by atoms with Gasteiger partial charge in [0.15, 0.2) is 6.10 Å². The number of nitrogens with zero attached hydrogens (tertiary/aromatic N) is 2. The largest absolute Gasteiger partial charge is 0.384 e. The number of piperazine rings is 1. The van der Waals surface area contributed by atoms with Crippen molar-refractivity contribution in [3.8, 4) is 0 Å². The third-order valence-corrected chi connectivity index (χ3v) is 6.08. The molecule has 2 saturated heterocycles. The van der Waals surface area contributed by atoms with Crippen LogP contribution in [0.5, 0.6) is 0 Å². The molecule has 10 nitrogen and oxygen atoms in total. The number of nitrogens with two attached hydrogens (primary N) is 1. The van der Waals surface area contributed by atoms with Crippen LogP contribution in [0.25, 0.3) is 0 Å². The number of amides is 3. The molecule has 10 heteroatoms. The van der Waals surface area contributed by atoms with E-state index in [9.17, 15) is 19.5 Å². The van der Waals surface area contributed by atoms with Crippen LogP contribution in [0.4, 0.5) is 11.4 Å². The maximum absolute atomic E-state index is 13.2. The molecule has 0 saturated carbocycles. The van der Waals surface area contributed by atoms with Gasteiger partial charge in [0.25, 0.3) is 11.8 Å². The second kappa shape index (κ2) is 10.0. The van der Waals surface area contributed by atoms with Crippen LogP contribution in [0, 0.1) is 5.41 Å².